The van der Waals surface area contributed by atoms with Crippen LogP contribution in [-0.2, 0) is 17.9 Å². The first-order valence-electron chi connectivity index (χ1n) is 7.35. The molecule has 0 saturated heterocycles. The van der Waals surface area contributed by atoms with Gasteiger partial charge in [0.25, 0.3) is 0 Å². The van der Waals surface area contributed by atoms with E-state index < -0.39 is 0 Å². The Morgan fingerprint density at radius 1 is 1.00 bits per heavy atom. The van der Waals surface area contributed by atoms with E-state index in [1.165, 1.54) is 5.56 Å². The summed E-state index contributed by atoms with van der Waals surface area (Å²) in [6, 6.07) is 16.3. The molecule has 0 aliphatic heterocycles. The van der Waals surface area contributed by atoms with E-state index in [2.05, 4.69) is 37.4 Å². The average Bonchev–Trinajstić information content (AvgIpc) is 2.52. The van der Waals surface area contributed by atoms with E-state index >= 15 is 0 Å². The van der Waals surface area contributed by atoms with Crippen LogP contribution < -0.4 is 10.1 Å². The van der Waals surface area contributed by atoms with Gasteiger partial charge in [0.15, 0.2) is 6.79 Å². The van der Waals surface area contributed by atoms with E-state index in [0.717, 1.165) is 30.0 Å². The second kappa shape index (κ2) is 8.45. The summed E-state index contributed by atoms with van der Waals surface area (Å²) >= 11 is 0. The van der Waals surface area contributed by atoms with E-state index in [-0.39, 0.29) is 6.79 Å². The van der Waals surface area contributed by atoms with Gasteiger partial charge in [0, 0.05) is 12.1 Å². The van der Waals surface area contributed by atoms with Gasteiger partial charge in [-0.15, -0.1) is 0 Å². The fourth-order valence-electron chi connectivity index (χ4n) is 2.15. The predicted octanol–water partition coefficient (Wildman–Crippen LogP) is 3.66. The molecule has 3 heteroatoms. The van der Waals surface area contributed by atoms with Crippen molar-refractivity contribution in [1.82, 2.24) is 5.32 Å². The van der Waals surface area contributed by atoms with Crippen molar-refractivity contribution in [3.63, 3.8) is 0 Å². The second-order valence-corrected chi connectivity index (χ2v) is 4.94. The Kier molecular flexibility index (Phi) is 6.25. The number of aryl methyl sites for hydroxylation is 1. The van der Waals surface area contributed by atoms with Crippen molar-refractivity contribution >= 4 is 0 Å². The van der Waals surface area contributed by atoms with Crippen molar-refractivity contribution in [3.05, 3.63) is 65.2 Å². The molecule has 112 valence electrons. The molecule has 0 amide bonds. The highest BCUT2D eigenvalue weighted by molar-refractivity contribution is 5.40. The summed E-state index contributed by atoms with van der Waals surface area (Å²) in [5.74, 6) is 0.923. The van der Waals surface area contributed by atoms with Gasteiger partial charge in [-0.25, -0.2) is 0 Å². The highest BCUT2D eigenvalue weighted by atomic mass is 16.7. The molecule has 0 aliphatic carbocycles. The zero-order valence-electron chi connectivity index (χ0n) is 12.8. The van der Waals surface area contributed by atoms with E-state index in [1.807, 2.05) is 30.3 Å². The van der Waals surface area contributed by atoms with E-state index in [1.54, 1.807) is 0 Å². The fourth-order valence-corrected chi connectivity index (χ4v) is 2.15. The summed E-state index contributed by atoms with van der Waals surface area (Å²) in [6.07, 6.45) is 0. The third kappa shape index (κ3) is 4.88. The van der Waals surface area contributed by atoms with Crippen molar-refractivity contribution in [2.45, 2.75) is 27.0 Å². The van der Waals surface area contributed by atoms with Crippen molar-refractivity contribution < 1.29 is 9.47 Å². The van der Waals surface area contributed by atoms with Crippen molar-refractivity contribution in [2.24, 2.45) is 0 Å². The molecular formula is C18H23NO2. The Labute approximate surface area is 126 Å². The zero-order valence-corrected chi connectivity index (χ0v) is 12.8. The number of para-hydroxylation sites is 1. The van der Waals surface area contributed by atoms with Crippen LogP contribution in [0.15, 0.2) is 48.5 Å². The van der Waals surface area contributed by atoms with Crippen LogP contribution in [-0.4, -0.2) is 13.3 Å². The number of benzene rings is 2. The molecule has 0 heterocycles. The summed E-state index contributed by atoms with van der Waals surface area (Å²) in [5.41, 5.74) is 3.45. The van der Waals surface area contributed by atoms with Gasteiger partial charge in [-0.3, -0.25) is 0 Å². The predicted molar refractivity (Wildman–Crippen MR) is 85.3 cm³/mol. The third-order valence-corrected chi connectivity index (χ3v) is 3.26. The molecule has 0 radical (unpaired) electrons. The molecule has 1 N–H and O–H groups in total. The van der Waals surface area contributed by atoms with Crippen LogP contribution in [0.2, 0.25) is 0 Å². The molecule has 3 nitrogen and oxygen atoms in total. The van der Waals surface area contributed by atoms with Gasteiger partial charge in [0.2, 0.25) is 0 Å². The lowest BCUT2D eigenvalue weighted by molar-refractivity contribution is 0.00412. The van der Waals surface area contributed by atoms with Crippen molar-refractivity contribution in [2.75, 3.05) is 13.3 Å². The van der Waals surface area contributed by atoms with Crippen LogP contribution >= 0.6 is 0 Å². The van der Waals surface area contributed by atoms with E-state index in [0.29, 0.717) is 6.61 Å². The van der Waals surface area contributed by atoms with Crippen LogP contribution in [0.1, 0.15) is 23.6 Å². The summed E-state index contributed by atoms with van der Waals surface area (Å²) in [7, 11) is 0. The van der Waals surface area contributed by atoms with Crippen LogP contribution in [0.25, 0.3) is 0 Å². The topological polar surface area (TPSA) is 30.5 Å². The van der Waals surface area contributed by atoms with Gasteiger partial charge in [-0.2, -0.15) is 0 Å². The van der Waals surface area contributed by atoms with Gasteiger partial charge in [0.05, 0.1) is 6.61 Å². The molecule has 0 atom stereocenters. The van der Waals surface area contributed by atoms with Gasteiger partial charge < -0.3 is 14.8 Å². The number of hydrogen-bond acceptors (Lipinski definition) is 3. The zero-order chi connectivity index (χ0) is 14.9. The largest absolute Gasteiger partial charge is 0.467 e. The lowest BCUT2D eigenvalue weighted by Crippen LogP contribution is -2.14. The Balaban J connectivity index is 1.87. The Morgan fingerprint density at radius 3 is 2.57 bits per heavy atom. The molecule has 0 bridgehead atoms. The van der Waals surface area contributed by atoms with E-state index in [4.69, 9.17) is 9.47 Å². The third-order valence-electron chi connectivity index (χ3n) is 3.26. The second-order valence-electron chi connectivity index (χ2n) is 4.94. The average molecular weight is 285 g/mol. The van der Waals surface area contributed by atoms with Gasteiger partial charge in [-0.1, -0.05) is 55.5 Å². The molecule has 0 spiro atoms. The molecule has 0 unspecified atom stereocenters. The number of ether oxygens (including phenoxy) is 2. The summed E-state index contributed by atoms with van der Waals surface area (Å²) in [4.78, 5) is 0. The number of hydrogen-bond donors (Lipinski definition) is 1. The first-order chi connectivity index (χ1) is 10.3. The highest BCUT2D eigenvalue weighted by Crippen LogP contribution is 2.23. The van der Waals surface area contributed by atoms with Crippen molar-refractivity contribution in [3.8, 4) is 5.75 Å². The minimum atomic E-state index is 0.263. The monoisotopic (exact) mass is 285 g/mol. The molecule has 0 aliphatic rings. The Morgan fingerprint density at radius 2 is 1.81 bits per heavy atom. The fraction of sp³-hybridized carbons (Fsp3) is 0.333. The first kappa shape index (κ1) is 15.5. The Hall–Kier alpha value is -1.84. The SMILES string of the molecule is CCNCc1cccc(C)c1OCOCc1ccccc1. The maximum Gasteiger partial charge on any atom is 0.189 e. The maximum absolute atomic E-state index is 5.82. The standard InChI is InChI=1S/C18H23NO2/c1-3-19-12-17-11-7-8-15(2)18(17)21-14-20-13-16-9-5-4-6-10-16/h4-11,19H,3,12-14H2,1-2H3. The van der Waals surface area contributed by atoms with Crippen LogP contribution in [0.5, 0.6) is 5.75 Å². The molecule has 2 aromatic rings. The van der Waals surface area contributed by atoms with Crippen LogP contribution in [0.3, 0.4) is 0 Å². The van der Waals surface area contributed by atoms with Gasteiger partial charge in [0.1, 0.15) is 5.75 Å². The molecule has 0 fully saturated rings. The minimum Gasteiger partial charge on any atom is -0.467 e. The quantitative estimate of drug-likeness (QED) is 0.593. The molecule has 0 aromatic heterocycles. The van der Waals surface area contributed by atoms with Crippen LogP contribution in [0.4, 0.5) is 0 Å². The van der Waals surface area contributed by atoms with E-state index in [9.17, 15) is 0 Å². The van der Waals surface area contributed by atoms with Crippen LogP contribution in [0, 0.1) is 6.92 Å². The summed E-state index contributed by atoms with van der Waals surface area (Å²) in [5, 5.41) is 3.33. The highest BCUT2D eigenvalue weighted by Gasteiger charge is 2.06. The minimum absolute atomic E-state index is 0.263. The lowest BCUT2D eigenvalue weighted by Gasteiger charge is -2.14. The normalized spacial score (nSPS) is 10.6. The molecular weight excluding hydrogens is 262 g/mol. The molecule has 0 saturated carbocycles. The molecule has 21 heavy (non-hydrogen) atoms. The lowest BCUT2D eigenvalue weighted by atomic mass is 10.1. The molecule has 2 rings (SSSR count). The number of nitrogens with one attached hydrogen (secondary N) is 1. The summed E-state index contributed by atoms with van der Waals surface area (Å²) < 4.78 is 11.4. The van der Waals surface area contributed by atoms with Crippen molar-refractivity contribution in [1.29, 1.82) is 0 Å². The first-order valence-corrected chi connectivity index (χ1v) is 7.35. The van der Waals surface area contributed by atoms with Gasteiger partial charge in [-0.05, 0) is 24.6 Å². The maximum atomic E-state index is 5.82. The number of rotatable bonds is 8. The smallest absolute Gasteiger partial charge is 0.189 e. The van der Waals surface area contributed by atoms with Gasteiger partial charge >= 0.3 is 0 Å². The summed E-state index contributed by atoms with van der Waals surface area (Å²) in [6.45, 7) is 6.74. The Bertz CT molecular complexity index is 540. The molecule has 2 aromatic carbocycles.